The van der Waals surface area contributed by atoms with E-state index in [0.717, 1.165) is 62.6 Å². The molecule has 1 aliphatic rings. The summed E-state index contributed by atoms with van der Waals surface area (Å²) in [6.45, 7) is 8.92. The SMILES string of the molecule is CCCc1nc(Cl)c(C)c(N2CCCN(C(C)=O)CC2)n1. The number of hydrogen-bond acceptors (Lipinski definition) is 4. The summed E-state index contributed by atoms with van der Waals surface area (Å²) >= 11 is 6.25. The van der Waals surface area contributed by atoms with Gasteiger partial charge >= 0.3 is 0 Å². The molecule has 0 bridgehead atoms. The standard InChI is InChI=1S/C15H23ClN4O/c1-4-6-13-17-14(16)11(2)15(18-13)20-8-5-7-19(9-10-20)12(3)21/h4-10H2,1-3H3. The highest BCUT2D eigenvalue weighted by atomic mass is 35.5. The third kappa shape index (κ3) is 3.84. The molecule has 6 heteroatoms. The molecule has 2 rings (SSSR count). The average molecular weight is 311 g/mol. The van der Waals surface area contributed by atoms with Gasteiger partial charge in [-0.2, -0.15) is 0 Å². The number of rotatable bonds is 3. The smallest absolute Gasteiger partial charge is 0.219 e. The Morgan fingerprint density at radius 3 is 2.67 bits per heavy atom. The Morgan fingerprint density at radius 1 is 1.24 bits per heavy atom. The van der Waals surface area contributed by atoms with Gasteiger partial charge in [0.1, 0.15) is 16.8 Å². The molecule has 1 aromatic rings. The fourth-order valence-electron chi connectivity index (χ4n) is 2.61. The lowest BCUT2D eigenvalue weighted by Crippen LogP contribution is -2.34. The summed E-state index contributed by atoms with van der Waals surface area (Å²) in [6, 6.07) is 0. The Morgan fingerprint density at radius 2 is 2.00 bits per heavy atom. The number of carbonyl (C=O) groups excluding carboxylic acids is 1. The van der Waals surface area contributed by atoms with E-state index in [1.165, 1.54) is 0 Å². The minimum atomic E-state index is 0.140. The van der Waals surface area contributed by atoms with Crippen molar-refractivity contribution in [3.05, 3.63) is 16.5 Å². The van der Waals surface area contributed by atoms with Crippen LogP contribution in [-0.2, 0) is 11.2 Å². The van der Waals surface area contributed by atoms with Crippen LogP contribution in [0.15, 0.2) is 0 Å². The molecule has 116 valence electrons. The van der Waals surface area contributed by atoms with E-state index in [0.29, 0.717) is 5.15 Å². The molecule has 0 aromatic carbocycles. The molecule has 0 unspecified atom stereocenters. The van der Waals surface area contributed by atoms with Crippen molar-refractivity contribution in [1.29, 1.82) is 0 Å². The Bertz CT molecular complexity index is 521. The Hall–Kier alpha value is -1.36. The van der Waals surface area contributed by atoms with E-state index in [1.54, 1.807) is 6.92 Å². The van der Waals surface area contributed by atoms with Gasteiger partial charge in [-0.05, 0) is 19.8 Å². The molecule has 0 atom stereocenters. The van der Waals surface area contributed by atoms with E-state index in [4.69, 9.17) is 11.6 Å². The lowest BCUT2D eigenvalue weighted by Gasteiger charge is -2.24. The van der Waals surface area contributed by atoms with Crippen LogP contribution in [0.2, 0.25) is 5.15 Å². The number of amides is 1. The monoisotopic (exact) mass is 310 g/mol. The number of aromatic nitrogens is 2. The van der Waals surface area contributed by atoms with Gasteiger partial charge in [0.2, 0.25) is 5.91 Å². The number of carbonyl (C=O) groups is 1. The van der Waals surface area contributed by atoms with Crippen molar-refractivity contribution in [2.24, 2.45) is 0 Å². The van der Waals surface area contributed by atoms with Gasteiger partial charge in [-0.15, -0.1) is 0 Å². The van der Waals surface area contributed by atoms with E-state index in [-0.39, 0.29) is 5.91 Å². The van der Waals surface area contributed by atoms with Gasteiger partial charge in [-0.1, -0.05) is 18.5 Å². The maximum Gasteiger partial charge on any atom is 0.219 e. The molecule has 0 spiro atoms. The number of anilines is 1. The number of hydrogen-bond donors (Lipinski definition) is 0. The van der Waals surface area contributed by atoms with Crippen LogP contribution in [0.3, 0.4) is 0 Å². The molecule has 21 heavy (non-hydrogen) atoms. The predicted octanol–water partition coefficient (Wildman–Crippen LogP) is 2.45. The maximum absolute atomic E-state index is 11.5. The van der Waals surface area contributed by atoms with Gasteiger partial charge in [0.25, 0.3) is 0 Å². The molecular formula is C15H23ClN4O. The van der Waals surface area contributed by atoms with Crippen LogP contribution >= 0.6 is 11.6 Å². The molecule has 1 fully saturated rings. The first-order chi connectivity index (χ1) is 10.0. The highest BCUT2D eigenvalue weighted by molar-refractivity contribution is 6.30. The van der Waals surface area contributed by atoms with Crippen molar-refractivity contribution in [3.63, 3.8) is 0 Å². The summed E-state index contributed by atoms with van der Waals surface area (Å²) in [6.07, 6.45) is 2.78. The molecule has 0 N–H and O–H groups in total. The summed E-state index contributed by atoms with van der Waals surface area (Å²) in [5, 5.41) is 0.538. The molecule has 1 aliphatic heterocycles. The summed E-state index contributed by atoms with van der Waals surface area (Å²) in [7, 11) is 0. The van der Waals surface area contributed by atoms with Crippen LogP contribution in [0.5, 0.6) is 0 Å². The van der Waals surface area contributed by atoms with Crippen molar-refractivity contribution in [2.45, 2.75) is 40.0 Å². The molecule has 1 amide bonds. The topological polar surface area (TPSA) is 49.3 Å². The second-order valence-electron chi connectivity index (χ2n) is 5.48. The first-order valence-corrected chi connectivity index (χ1v) is 7.94. The van der Waals surface area contributed by atoms with Crippen molar-refractivity contribution >= 4 is 23.3 Å². The molecule has 5 nitrogen and oxygen atoms in total. The van der Waals surface area contributed by atoms with Crippen LogP contribution in [0.25, 0.3) is 0 Å². The van der Waals surface area contributed by atoms with Gasteiger partial charge in [-0.25, -0.2) is 9.97 Å². The highest BCUT2D eigenvalue weighted by Gasteiger charge is 2.20. The van der Waals surface area contributed by atoms with Gasteiger partial charge < -0.3 is 9.80 Å². The summed E-state index contributed by atoms with van der Waals surface area (Å²) in [5.41, 5.74) is 0.924. The zero-order chi connectivity index (χ0) is 15.4. The minimum absolute atomic E-state index is 0.140. The molecular weight excluding hydrogens is 288 g/mol. The fraction of sp³-hybridized carbons (Fsp3) is 0.667. The summed E-state index contributed by atoms with van der Waals surface area (Å²) in [4.78, 5) is 24.7. The maximum atomic E-state index is 11.5. The van der Waals surface area contributed by atoms with Crippen molar-refractivity contribution in [2.75, 3.05) is 31.1 Å². The predicted molar refractivity (Wildman–Crippen MR) is 84.9 cm³/mol. The van der Waals surface area contributed by atoms with E-state index in [2.05, 4.69) is 21.8 Å². The van der Waals surface area contributed by atoms with Crippen LogP contribution in [0.4, 0.5) is 5.82 Å². The number of halogens is 1. The Balaban J connectivity index is 2.22. The third-order valence-corrected chi connectivity index (χ3v) is 4.19. The van der Waals surface area contributed by atoms with E-state index < -0.39 is 0 Å². The normalized spacial score (nSPS) is 16.0. The number of nitrogens with zero attached hydrogens (tertiary/aromatic N) is 4. The second kappa shape index (κ2) is 7.07. The zero-order valence-electron chi connectivity index (χ0n) is 13.0. The van der Waals surface area contributed by atoms with E-state index >= 15 is 0 Å². The summed E-state index contributed by atoms with van der Waals surface area (Å²) < 4.78 is 0. The largest absolute Gasteiger partial charge is 0.354 e. The lowest BCUT2D eigenvalue weighted by atomic mass is 10.2. The average Bonchev–Trinajstić information content (AvgIpc) is 2.69. The fourth-order valence-corrected chi connectivity index (χ4v) is 2.79. The highest BCUT2D eigenvalue weighted by Crippen LogP contribution is 2.25. The Labute approximate surface area is 131 Å². The molecule has 0 aliphatic carbocycles. The van der Waals surface area contributed by atoms with E-state index in [1.807, 2.05) is 11.8 Å². The van der Waals surface area contributed by atoms with Crippen molar-refractivity contribution in [3.8, 4) is 0 Å². The minimum Gasteiger partial charge on any atom is -0.354 e. The third-order valence-electron chi connectivity index (χ3n) is 3.82. The molecule has 1 saturated heterocycles. The second-order valence-corrected chi connectivity index (χ2v) is 5.83. The van der Waals surface area contributed by atoms with Gasteiger partial charge in [-0.3, -0.25) is 4.79 Å². The number of aryl methyl sites for hydroxylation is 1. The molecule has 0 saturated carbocycles. The van der Waals surface area contributed by atoms with Gasteiger partial charge in [0.15, 0.2) is 0 Å². The first-order valence-electron chi connectivity index (χ1n) is 7.56. The van der Waals surface area contributed by atoms with E-state index in [9.17, 15) is 4.79 Å². The molecule has 2 heterocycles. The van der Waals surface area contributed by atoms with Gasteiger partial charge in [0.05, 0.1) is 0 Å². The van der Waals surface area contributed by atoms with Crippen LogP contribution in [0, 0.1) is 6.92 Å². The first kappa shape index (κ1) is 16.0. The Kier molecular flexibility index (Phi) is 5.39. The van der Waals surface area contributed by atoms with Crippen LogP contribution in [0.1, 0.15) is 38.1 Å². The lowest BCUT2D eigenvalue weighted by molar-refractivity contribution is -0.128. The molecule has 0 radical (unpaired) electrons. The van der Waals surface area contributed by atoms with Gasteiger partial charge in [0, 0.05) is 45.1 Å². The van der Waals surface area contributed by atoms with Crippen LogP contribution in [-0.4, -0.2) is 47.0 Å². The van der Waals surface area contributed by atoms with Crippen LogP contribution < -0.4 is 4.90 Å². The zero-order valence-corrected chi connectivity index (χ0v) is 13.8. The quantitative estimate of drug-likeness (QED) is 0.805. The van der Waals surface area contributed by atoms with Crippen molar-refractivity contribution < 1.29 is 4.79 Å². The molecule has 1 aromatic heterocycles. The van der Waals surface area contributed by atoms with Crippen molar-refractivity contribution in [1.82, 2.24) is 14.9 Å². The summed E-state index contributed by atoms with van der Waals surface area (Å²) in [5.74, 6) is 1.86.